The average Bonchev–Trinajstić information content (AvgIpc) is 2.39. The lowest BCUT2D eigenvalue weighted by atomic mass is 10.2. The fraction of sp³-hybridized carbons (Fsp3) is 1.00. The number of nitrogens with one attached hydrogen (secondary N) is 1. The number of rotatable bonds is 4. The molecule has 1 N–H and O–H groups in total. The van der Waals surface area contributed by atoms with Crippen LogP contribution in [-0.2, 0) is 0 Å². The van der Waals surface area contributed by atoms with E-state index in [0.717, 1.165) is 0 Å². The van der Waals surface area contributed by atoms with Crippen molar-refractivity contribution in [3.63, 3.8) is 0 Å². The van der Waals surface area contributed by atoms with Crippen molar-refractivity contribution in [2.75, 3.05) is 6.54 Å². The van der Waals surface area contributed by atoms with Crippen molar-refractivity contribution < 1.29 is 8.78 Å². The zero-order valence-corrected chi connectivity index (χ0v) is 6.65. The first kappa shape index (κ1) is 8.91. The SMILES string of the molecule is FC(F)CCNC1CCCC1. The van der Waals surface area contributed by atoms with E-state index in [1.807, 2.05) is 0 Å². The lowest BCUT2D eigenvalue weighted by Gasteiger charge is -2.10. The number of halogens is 2. The Balaban J connectivity index is 1.94. The van der Waals surface area contributed by atoms with Gasteiger partial charge >= 0.3 is 0 Å². The molecule has 0 aromatic heterocycles. The van der Waals surface area contributed by atoms with Gasteiger partial charge in [-0.25, -0.2) is 8.78 Å². The molecule has 0 atom stereocenters. The van der Waals surface area contributed by atoms with Crippen LogP contribution in [-0.4, -0.2) is 19.0 Å². The summed E-state index contributed by atoms with van der Waals surface area (Å²) in [5.74, 6) is 0. The lowest BCUT2D eigenvalue weighted by Crippen LogP contribution is -2.27. The number of hydrogen-bond acceptors (Lipinski definition) is 1. The highest BCUT2D eigenvalue weighted by atomic mass is 19.3. The maximum Gasteiger partial charge on any atom is 0.239 e. The van der Waals surface area contributed by atoms with E-state index >= 15 is 0 Å². The molecule has 1 saturated carbocycles. The van der Waals surface area contributed by atoms with Crippen LogP contribution in [0, 0.1) is 0 Å². The highest BCUT2D eigenvalue weighted by Gasteiger charge is 2.14. The molecule has 66 valence electrons. The summed E-state index contributed by atoms with van der Waals surface area (Å²) in [5, 5.41) is 3.13. The minimum Gasteiger partial charge on any atom is -0.314 e. The second-order valence-corrected chi connectivity index (χ2v) is 3.12. The highest BCUT2D eigenvalue weighted by molar-refractivity contribution is 4.73. The molecule has 0 heterocycles. The van der Waals surface area contributed by atoms with Crippen molar-refractivity contribution in [2.45, 2.75) is 44.6 Å². The summed E-state index contributed by atoms with van der Waals surface area (Å²) >= 11 is 0. The largest absolute Gasteiger partial charge is 0.314 e. The molecule has 0 unspecified atom stereocenters. The van der Waals surface area contributed by atoms with Crippen LogP contribution >= 0.6 is 0 Å². The van der Waals surface area contributed by atoms with Crippen molar-refractivity contribution in [3.8, 4) is 0 Å². The third kappa shape index (κ3) is 3.65. The van der Waals surface area contributed by atoms with Crippen molar-refractivity contribution >= 4 is 0 Å². The Bertz CT molecular complexity index is 100. The van der Waals surface area contributed by atoms with E-state index in [-0.39, 0.29) is 6.42 Å². The highest BCUT2D eigenvalue weighted by Crippen LogP contribution is 2.17. The van der Waals surface area contributed by atoms with E-state index in [1.165, 1.54) is 25.7 Å². The van der Waals surface area contributed by atoms with Gasteiger partial charge in [0.1, 0.15) is 0 Å². The van der Waals surface area contributed by atoms with Gasteiger partial charge in [0, 0.05) is 19.0 Å². The van der Waals surface area contributed by atoms with Crippen molar-refractivity contribution in [1.29, 1.82) is 0 Å². The van der Waals surface area contributed by atoms with Crippen LogP contribution < -0.4 is 5.32 Å². The van der Waals surface area contributed by atoms with E-state index in [4.69, 9.17) is 0 Å². The molecular formula is C8H15F2N. The van der Waals surface area contributed by atoms with Gasteiger partial charge < -0.3 is 5.32 Å². The minimum absolute atomic E-state index is 0.00347. The Kier molecular flexibility index (Phi) is 3.77. The molecule has 0 aromatic rings. The van der Waals surface area contributed by atoms with E-state index in [0.29, 0.717) is 12.6 Å². The Morgan fingerprint density at radius 3 is 2.45 bits per heavy atom. The third-order valence-corrected chi connectivity index (χ3v) is 2.15. The molecule has 1 nitrogen and oxygen atoms in total. The van der Waals surface area contributed by atoms with Crippen molar-refractivity contribution in [2.24, 2.45) is 0 Å². The van der Waals surface area contributed by atoms with Crippen LogP contribution in [0.1, 0.15) is 32.1 Å². The van der Waals surface area contributed by atoms with E-state index in [2.05, 4.69) is 5.32 Å². The van der Waals surface area contributed by atoms with Crippen LogP contribution in [0.15, 0.2) is 0 Å². The van der Waals surface area contributed by atoms with Gasteiger partial charge in [0.2, 0.25) is 6.43 Å². The van der Waals surface area contributed by atoms with Gasteiger partial charge in [0.05, 0.1) is 0 Å². The average molecular weight is 163 g/mol. The first-order valence-corrected chi connectivity index (χ1v) is 4.30. The van der Waals surface area contributed by atoms with Crippen LogP contribution in [0.25, 0.3) is 0 Å². The molecule has 0 spiro atoms. The maximum absolute atomic E-state index is 11.7. The summed E-state index contributed by atoms with van der Waals surface area (Å²) in [6.07, 6.45) is 2.70. The second-order valence-electron chi connectivity index (χ2n) is 3.12. The molecule has 0 amide bonds. The van der Waals surface area contributed by atoms with Crippen molar-refractivity contribution in [1.82, 2.24) is 5.32 Å². The summed E-state index contributed by atoms with van der Waals surface area (Å²) in [5.41, 5.74) is 0. The summed E-state index contributed by atoms with van der Waals surface area (Å²) in [6, 6.07) is 0.522. The van der Waals surface area contributed by atoms with E-state index in [9.17, 15) is 8.78 Å². The molecule has 1 aliphatic carbocycles. The summed E-state index contributed by atoms with van der Waals surface area (Å²) < 4.78 is 23.3. The van der Waals surface area contributed by atoms with Gasteiger partial charge in [0.15, 0.2) is 0 Å². The molecule has 1 aliphatic rings. The van der Waals surface area contributed by atoms with Gasteiger partial charge in [-0.2, -0.15) is 0 Å². The second kappa shape index (κ2) is 4.65. The van der Waals surface area contributed by atoms with Crippen LogP contribution in [0.5, 0.6) is 0 Å². The molecule has 0 bridgehead atoms. The first-order chi connectivity index (χ1) is 5.29. The van der Waals surface area contributed by atoms with Gasteiger partial charge in [-0.1, -0.05) is 12.8 Å². The Morgan fingerprint density at radius 1 is 1.27 bits per heavy atom. The zero-order valence-electron chi connectivity index (χ0n) is 6.65. The third-order valence-electron chi connectivity index (χ3n) is 2.15. The Hall–Kier alpha value is -0.180. The standard InChI is InChI=1S/C8H15F2N/c9-8(10)5-6-11-7-3-1-2-4-7/h7-8,11H,1-6H2. The molecule has 0 aromatic carbocycles. The normalized spacial score (nSPS) is 19.9. The quantitative estimate of drug-likeness (QED) is 0.669. The molecule has 0 saturated heterocycles. The number of hydrogen-bond donors (Lipinski definition) is 1. The van der Waals surface area contributed by atoms with Gasteiger partial charge in [-0.05, 0) is 12.8 Å². The fourth-order valence-electron chi connectivity index (χ4n) is 1.53. The molecule has 0 aliphatic heterocycles. The Labute approximate surface area is 66.2 Å². The van der Waals surface area contributed by atoms with Crippen molar-refractivity contribution in [3.05, 3.63) is 0 Å². The predicted octanol–water partition coefficient (Wildman–Crippen LogP) is 2.17. The molecule has 0 radical (unpaired) electrons. The fourth-order valence-corrected chi connectivity index (χ4v) is 1.53. The Morgan fingerprint density at radius 2 is 1.91 bits per heavy atom. The first-order valence-electron chi connectivity index (χ1n) is 4.30. The van der Waals surface area contributed by atoms with E-state index < -0.39 is 6.43 Å². The summed E-state index contributed by atoms with van der Waals surface area (Å²) in [4.78, 5) is 0. The smallest absolute Gasteiger partial charge is 0.239 e. The zero-order chi connectivity index (χ0) is 8.10. The van der Waals surface area contributed by atoms with Gasteiger partial charge in [-0.3, -0.25) is 0 Å². The molecule has 1 rings (SSSR count). The lowest BCUT2D eigenvalue weighted by molar-refractivity contribution is 0.136. The maximum atomic E-state index is 11.7. The summed E-state index contributed by atoms with van der Waals surface area (Å²) in [7, 11) is 0. The van der Waals surface area contributed by atoms with Crippen LogP contribution in [0.3, 0.4) is 0 Å². The topological polar surface area (TPSA) is 12.0 Å². The summed E-state index contributed by atoms with van der Waals surface area (Å²) in [6.45, 7) is 0.475. The molecule has 3 heteroatoms. The molecule has 1 fully saturated rings. The van der Waals surface area contributed by atoms with Crippen LogP contribution in [0.4, 0.5) is 8.78 Å². The van der Waals surface area contributed by atoms with Crippen LogP contribution in [0.2, 0.25) is 0 Å². The van der Waals surface area contributed by atoms with E-state index in [1.54, 1.807) is 0 Å². The van der Waals surface area contributed by atoms with Gasteiger partial charge in [0.25, 0.3) is 0 Å². The predicted molar refractivity (Wildman–Crippen MR) is 40.9 cm³/mol. The molecular weight excluding hydrogens is 148 g/mol. The van der Waals surface area contributed by atoms with Gasteiger partial charge in [-0.15, -0.1) is 0 Å². The number of alkyl halides is 2. The minimum atomic E-state index is -2.15. The molecule has 11 heavy (non-hydrogen) atoms. The monoisotopic (exact) mass is 163 g/mol.